The van der Waals surface area contributed by atoms with Crippen molar-refractivity contribution in [2.45, 2.75) is 13.3 Å². The molecule has 0 aliphatic carbocycles. The van der Waals surface area contributed by atoms with E-state index in [1.807, 2.05) is 84.9 Å². The van der Waals surface area contributed by atoms with Crippen molar-refractivity contribution in [3.05, 3.63) is 124 Å². The van der Waals surface area contributed by atoms with E-state index >= 15 is 0 Å². The number of carboxylic acids is 1. The maximum absolute atomic E-state index is 11.6. The predicted molar refractivity (Wildman–Crippen MR) is 219 cm³/mol. The Labute approximate surface area is 345 Å². The van der Waals surface area contributed by atoms with Gasteiger partial charge in [0.2, 0.25) is 11.8 Å². The molecule has 0 spiro atoms. The smallest absolute Gasteiger partial charge is 0.358 e. The minimum Gasteiger partial charge on any atom is -0.476 e. The minimum absolute atomic E-state index is 0.0699. The van der Waals surface area contributed by atoms with Crippen LogP contribution in [-0.4, -0.2) is 67.2 Å². The zero-order valence-electron chi connectivity index (χ0n) is 30.1. The Kier molecular flexibility index (Phi) is 12.9. The molecule has 8 aromatic rings. The van der Waals surface area contributed by atoms with Gasteiger partial charge in [0.15, 0.2) is 34.5 Å². The molecule has 58 heavy (non-hydrogen) atoms. The summed E-state index contributed by atoms with van der Waals surface area (Å²) in [5, 5.41) is 24.6. The van der Waals surface area contributed by atoms with Crippen molar-refractivity contribution in [3.63, 3.8) is 0 Å². The lowest BCUT2D eigenvalue weighted by atomic mass is 10.0. The molecule has 0 saturated heterocycles. The molecule has 5 aromatic heterocycles. The number of aromatic carboxylic acids is 1. The second kappa shape index (κ2) is 18.5. The number of aromatic nitrogens is 10. The number of hydrogen-bond donors (Lipinski definition) is 4. The monoisotopic (exact) mass is 905 g/mol. The lowest BCUT2D eigenvalue weighted by Crippen LogP contribution is -2.07. The third-order valence-electron chi connectivity index (χ3n) is 7.58. The van der Waals surface area contributed by atoms with Crippen LogP contribution < -0.4 is 17.2 Å². The average Bonchev–Trinajstić information content (AvgIpc) is 3.93. The van der Waals surface area contributed by atoms with E-state index < -0.39 is 5.97 Å². The van der Waals surface area contributed by atoms with Gasteiger partial charge in [0.25, 0.3) is 11.8 Å². The van der Waals surface area contributed by atoms with Crippen molar-refractivity contribution in [2.24, 2.45) is 0 Å². The number of carboxylic acid groups (broad SMARTS) is 1. The third kappa shape index (κ3) is 10.1. The molecule has 290 valence electrons. The van der Waals surface area contributed by atoms with E-state index in [4.69, 9.17) is 31.1 Å². The fraction of sp³-hybridized carbons (Fsp3) is 0.0526. The summed E-state index contributed by atoms with van der Waals surface area (Å²) >= 11 is 6.20. The number of rotatable bonds is 8. The first-order chi connectivity index (χ1) is 28.0. The van der Waals surface area contributed by atoms with Crippen LogP contribution in [0, 0.1) is 0 Å². The molecule has 0 fully saturated rings. The topological polar surface area (TPSA) is 288 Å². The summed E-state index contributed by atoms with van der Waals surface area (Å²) in [6.45, 7) is 1.56. The standard InChI is InChI=1S/C21H17N5O2.C12H8BrN5O.C5H4BrN3O2/c1-13(27)11-15-9-5-6-10-16(15)17-12-23-19(22)18(24-17)21-26-25-20(28-21)14-7-3-2-4-8-14;13-8-6-15-10(14)9(16-8)12-18-17-11(19-12)7-4-2-1-3-5-7;6-2-1-8-4(7)3(9-2)5(10)11/h2-10,12H,11H2,1H3,(H2,22,23);1-6H,(H2,14,15);1H,(H2,7,8)(H,10,11). The number of nitrogens with zero attached hydrogens (tertiary/aromatic N) is 10. The molecule has 0 saturated carbocycles. The van der Waals surface area contributed by atoms with Crippen molar-refractivity contribution in [1.82, 2.24) is 50.3 Å². The Bertz CT molecular complexity index is 2700. The first-order valence-electron chi connectivity index (χ1n) is 16.7. The van der Waals surface area contributed by atoms with Gasteiger partial charge in [0.05, 0.1) is 24.3 Å². The summed E-state index contributed by atoms with van der Waals surface area (Å²) in [6, 6.07) is 26.5. The molecule has 20 heteroatoms. The molecule has 5 heterocycles. The number of ketones is 1. The van der Waals surface area contributed by atoms with Crippen LogP contribution in [0.25, 0.3) is 57.3 Å². The van der Waals surface area contributed by atoms with Crippen LogP contribution in [0.4, 0.5) is 17.5 Å². The van der Waals surface area contributed by atoms with Gasteiger partial charge in [-0.15, -0.1) is 20.4 Å². The number of carbonyl (C=O) groups is 2. The van der Waals surface area contributed by atoms with E-state index in [1.165, 1.54) is 12.4 Å². The quantitative estimate of drug-likeness (QED) is 0.124. The van der Waals surface area contributed by atoms with Gasteiger partial charge in [-0.1, -0.05) is 60.7 Å². The summed E-state index contributed by atoms with van der Waals surface area (Å²) in [4.78, 5) is 46.1. The second-order valence-electron chi connectivity index (χ2n) is 11.7. The highest BCUT2D eigenvalue weighted by molar-refractivity contribution is 9.10. The molecule has 0 radical (unpaired) electrons. The molecular weight excluding hydrogens is 878 g/mol. The molecule has 0 atom stereocenters. The van der Waals surface area contributed by atoms with Gasteiger partial charge in [-0.2, -0.15) is 0 Å². The molecule has 7 N–H and O–H groups in total. The summed E-state index contributed by atoms with van der Waals surface area (Å²) in [6.07, 6.45) is 4.73. The van der Waals surface area contributed by atoms with Crippen molar-refractivity contribution < 1.29 is 23.5 Å². The van der Waals surface area contributed by atoms with Gasteiger partial charge in [0, 0.05) is 23.1 Å². The summed E-state index contributed by atoms with van der Waals surface area (Å²) < 4.78 is 12.2. The van der Waals surface area contributed by atoms with E-state index in [0.29, 0.717) is 44.5 Å². The summed E-state index contributed by atoms with van der Waals surface area (Å²) in [5.41, 5.74) is 21.3. The van der Waals surface area contributed by atoms with Crippen LogP contribution in [0.5, 0.6) is 0 Å². The van der Waals surface area contributed by atoms with Crippen molar-refractivity contribution >= 4 is 61.1 Å². The van der Waals surface area contributed by atoms with Crippen LogP contribution >= 0.6 is 31.9 Å². The number of Topliss-reactive ketones (excluding diaryl/α,β-unsaturated/α-hetero) is 1. The molecule has 18 nitrogen and oxygen atoms in total. The molecule has 0 aliphatic rings. The highest BCUT2D eigenvalue weighted by Crippen LogP contribution is 2.30. The van der Waals surface area contributed by atoms with Gasteiger partial charge in [-0.25, -0.2) is 34.7 Å². The van der Waals surface area contributed by atoms with E-state index in [9.17, 15) is 9.59 Å². The van der Waals surface area contributed by atoms with Crippen molar-refractivity contribution in [2.75, 3.05) is 17.2 Å². The Morgan fingerprint density at radius 1 is 0.603 bits per heavy atom. The number of nitrogen functional groups attached to an aromatic ring is 3. The minimum atomic E-state index is -1.18. The van der Waals surface area contributed by atoms with E-state index in [1.54, 1.807) is 13.1 Å². The normalized spacial score (nSPS) is 10.5. The van der Waals surface area contributed by atoms with Gasteiger partial charge in [-0.3, -0.25) is 4.79 Å². The van der Waals surface area contributed by atoms with Gasteiger partial charge < -0.3 is 31.1 Å². The number of anilines is 3. The first-order valence-corrected chi connectivity index (χ1v) is 18.3. The molecule has 0 amide bonds. The summed E-state index contributed by atoms with van der Waals surface area (Å²) in [7, 11) is 0. The van der Waals surface area contributed by atoms with Gasteiger partial charge in [0.1, 0.15) is 15.0 Å². The number of hydrogen-bond acceptors (Lipinski definition) is 17. The maximum atomic E-state index is 11.6. The predicted octanol–water partition coefficient (Wildman–Crippen LogP) is 6.63. The fourth-order valence-corrected chi connectivity index (χ4v) is 5.54. The van der Waals surface area contributed by atoms with Crippen LogP contribution in [0.2, 0.25) is 0 Å². The molecule has 0 aliphatic heterocycles. The van der Waals surface area contributed by atoms with Crippen LogP contribution in [0.15, 0.2) is 122 Å². The lowest BCUT2D eigenvalue weighted by molar-refractivity contribution is -0.116. The number of carbonyl (C=O) groups excluding carboxylic acids is 1. The van der Waals surface area contributed by atoms with Crippen molar-refractivity contribution in [3.8, 4) is 57.3 Å². The lowest BCUT2D eigenvalue weighted by Gasteiger charge is -2.09. The van der Waals surface area contributed by atoms with Gasteiger partial charge in [-0.05, 0) is 68.6 Å². The Morgan fingerprint density at radius 3 is 1.60 bits per heavy atom. The van der Waals surface area contributed by atoms with E-state index in [0.717, 1.165) is 22.3 Å². The highest BCUT2D eigenvalue weighted by Gasteiger charge is 2.19. The largest absolute Gasteiger partial charge is 0.476 e. The number of benzene rings is 3. The SMILES string of the molecule is CC(=O)Cc1ccccc1-c1cnc(N)c(-c2nnc(-c3ccccc3)o2)n1.Nc1ncc(Br)nc1-c1nnc(-c2ccccc2)o1.Nc1ncc(Br)nc1C(=O)O. The van der Waals surface area contributed by atoms with E-state index in [2.05, 4.69) is 82.2 Å². The molecule has 3 aromatic carbocycles. The second-order valence-corrected chi connectivity index (χ2v) is 13.4. The third-order valence-corrected chi connectivity index (χ3v) is 8.34. The molecule has 8 rings (SSSR count). The molecule has 0 unspecified atom stereocenters. The zero-order chi connectivity index (χ0) is 41.2. The Morgan fingerprint density at radius 2 is 1.07 bits per heavy atom. The number of halogens is 2. The van der Waals surface area contributed by atoms with Crippen LogP contribution in [0.3, 0.4) is 0 Å². The van der Waals surface area contributed by atoms with Crippen LogP contribution in [-0.2, 0) is 11.2 Å². The molecule has 0 bridgehead atoms. The van der Waals surface area contributed by atoms with Gasteiger partial charge >= 0.3 is 5.97 Å². The van der Waals surface area contributed by atoms with E-state index in [-0.39, 0.29) is 40.7 Å². The van der Waals surface area contributed by atoms with Crippen molar-refractivity contribution in [1.29, 1.82) is 0 Å². The Balaban J connectivity index is 0.000000163. The Hall–Kier alpha value is -7.32. The fourth-order valence-electron chi connectivity index (χ4n) is 4.98. The highest BCUT2D eigenvalue weighted by atomic mass is 79.9. The average molecular weight is 908 g/mol. The summed E-state index contributed by atoms with van der Waals surface area (Å²) in [5.74, 6) is 0.455. The van der Waals surface area contributed by atoms with Crippen LogP contribution in [0.1, 0.15) is 23.0 Å². The zero-order valence-corrected chi connectivity index (χ0v) is 33.2. The maximum Gasteiger partial charge on any atom is 0.358 e. The number of nitrogens with two attached hydrogens (primary N) is 3. The first kappa shape index (κ1) is 40.3. The molecular formula is C38H29Br2N13O5.